The molecule has 4 aromatic heterocycles. The van der Waals surface area contributed by atoms with Crippen molar-refractivity contribution in [3.8, 4) is 11.5 Å². The molecule has 8 heterocycles. The predicted octanol–water partition coefficient (Wildman–Crippen LogP) is 8.54. The average Bonchev–Trinajstić information content (AvgIpc) is 4.03. The first kappa shape index (κ1) is 42.9. The van der Waals surface area contributed by atoms with Crippen LogP contribution in [-0.4, -0.2) is 87.7 Å². The number of aryl methyl sites for hydroxylation is 4. The fraction of sp³-hybridized carbons (Fsp3) is 0.500. The Balaban J connectivity index is 0.000000146. The number of hydrogen-bond donors (Lipinski definition) is 2. The SMILES string of the molecule is Cc1cc(N2C[C@H]3CC[C@@H](C2)C3Nc2nc3n(n2)CCC[C@@H]3Oc2cccc(Cl)c2)ncn1.Cc1cc(N2C[C@H]3CC[C@@H](C2)C3Nc2nc3n(n2)CCC[C@H]3Oc2cccc(Cl)c2)ncn1. The fourth-order valence-electron chi connectivity index (χ4n) is 11.2. The Kier molecular flexibility index (Phi) is 12.0. The minimum absolute atomic E-state index is 0.111. The molecule has 2 aliphatic carbocycles. The summed E-state index contributed by atoms with van der Waals surface area (Å²) in [5.41, 5.74) is 2.02. The quantitative estimate of drug-likeness (QED) is 0.134. The molecule has 66 heavy (non-hydrogen) atoms. The van der Waals surface area contributed by atoms with Gasteiger partial charge in [0.25, 0.3) is 0 Å². The number of hydrogen-bond acceptors (Lipinski definition) is 14. The highest BCUT2D eigenvalue weighted by Gasteiger charge is 2.45. The van der Waals surface area contributed by atoms with Crippen LogP contribution in [-0.2, 0) is 13.1 Å². The standard InChI is InChI=1S/2C24H28ClN7O/c2*1-15-10-21(27-14-26-15)31-12-16-7-8-17(13-31)22(16)28-24-29-23-20(6-3-9-32(23)30-24)33-19-5-2-4-18(25)11-19/h2*2,4-5,10-11,14,16-17,20,22H,3,6-9,12-13H2,1H3,(H,28,30)/t2*16-,17+,20-,22?/m10/s1. The van der Waals surface area contributed by atoms with Gasteiger partial charge in [0.1, 0.15) is 35.8 Å². The number of ether oxygens (including phenoxy) is 2. The third-order valence-corrected chi connectivity index (χ3v) is 14.8. The van der Waals surface area contributed by atoms with Crippen LogP contribution in [0.2, 0.25) is 10.0 Å². The molecule has 8 atom stereocenters. The van der Waals surface area contributed by atoms with Crippen molar-refractivity contribution in [3.05, 3.63) is 106 Å². The van der Waals surface area contributed by atoms with E-state index in [1.165, 1.54) is 25.7 Å². The molecule has 18 heteroatoms. The van der Waals surface area contributed by atoms with Crippen molar-refractivity contribution in [3.63, 3.8) is 0 Å². The summed E-state index contributed by atoms with van der Waals surface area (Å²) in [4.78, 5) is 32.1. The van der Waals surface area contributed by atoms with E-state index in [1.807, 2.05) is 71.7 Å². The van der Waals surface area contributed by atoms with Crippen molar-refractivity contribution in [2.45, 2.75) is 103 Å². The van der Waals surface area contributed by atoms with E-state index in [4.69, 9.17) is 52.8 Å². The maximum atomic E-state index is 6.24. The van der Waals surface area contributed by atoms with E-state index in [0.717, 1.165) is 123 Å². The number of benzene rings is 2. The van der Waals surface area contributed by atoms with Crippen LogP contribution < -0.4 is 29.9 Å². The molecule has 4 bridgehead atoms. The van der Waals surface area contributed by atoms with Crippen LogP contribution in [0.15, 0.2) is 73.3 Å². The molecule has 4 fully saturated rings. The van der Waals surface area contributed by atoms with E-state index in [2.05, 4.69) is 52.5 Å². The maximum Gasteiger partial charge on any atom is 0.242 e. The molecule has 0 radical (unpaired) electrons. The third kappa shape index (κ3) is 9.18. The van der Waals surface area contributed by atoms with E-state index in [1.54, 1.807) is 12.7 Å². The third-order valence-electron chi connectivity index (χ3n) is 14.3. The molecule has 12 rings (SSSR count). The van der Waals surface area contributed by atoms with Gasteiger partial charge in [-0.1, -0.05) is 35.3 Å². The lowest BCUT2D eigenvalue weighted by Gasteiger charge is -2.38. The van der Waals surface area contributed by atoms with Gasteiger partial charge < -0.3 is 29.9 Å². The number of halogens is 2. The minimum atomic E-state index is -0.111. The normalized spacial score (nSPS) is 26.2. The highest BCUT2D eigenvalue weighted by Crippen LogP contribution is 2.42. The first-order valence-corrected chi connectivity index (χ1v) is 24.3. The Labute approximate surface area is 394 Å². The second-order valence-corrected chi connectivity index (χ2v) is 19.7. The van der Waals surface area contributed by atoms with E-state index in [0.29, 0.717) is 45.8 Å². The fourth-order valence-corrected chi connectivity index (χ4v) is 11.6. The van der Waals surface area contributed by atoms with Gasteiger partial charge >= 0.3 is 0 Å². The van der Waals surface area contributed by atoms with Crippen LogP contribution in [0.3, 0.4) is 0 Å². The summed E-state index contributed by atoms with van der Waals surface area (Å²) in [6.07, 6.45) is 11.9. The molecule has 2 unspecified atom stereocenters. The molecule has 2 saturated carbocycles. The molecule has 2 aromatic carbocycles. The monoisotopic (exact) mass is 930 g/mol. The highest BCUT2D eigenvalue weighted by molar-refractivity contribution is 6.31. The smallest absolute Gasteiger partial charge is 0.242 e. The Hall–Kier alpha value is -5.74. The van der Waals surface area contributed by atoms with Crippen LogP contribution in [0.5, 0.6) is 11.5 Å². The summed E-state index contributed by atoms with van der Waals surface area (Å²) in [6, 6.07) is 20.0. The van der Waals surface area contributed by atoms with Gasteiger partial charge in [-0.2, -0.15) is 9.97 Å². The molecule has 2 saturated heterocycles. The van der Waals surface area contributed by atoms with Crippen LogP contribution in [0.1, 0.15) is 86.6 Å². The number of anilines is 4. The summed E-state index contributed by atoms with van der Waals surface area (Å²) in [5, 5.41) is 18.3. The van der Waals surface area contributed by atoms with Crippen molar-refractivity contribution in [1.82, 2.24) is 49.5 Å². The molecule has 6 aromatic rings. The Bertz CT molecular complexity index is 2450. The van der Waals surface area contributed by atoms with Gasteiger partial charge in [0.15, 0.2) is 23.9 Å². The lowest BCUT2D eigenvalue weighted by atomic mass is 9.92. The summed E-state index contributed by atoms with van der Waals surface area (Å²) in [7, 11) is 0. The molecular formula is C48H56Cl2N14O2. The van der Waals surface area contributed by atoms with Crippen LogP contribution in [0, 0.1) is 37.5 Å². The molecule has 344 valence electrons. The minimum Gasteiger partial charge on any atom is -0.482 e. The Morgan fingerprint density at radius 1 is 0.545 bits per heavy atom. The van der Waals surface area contributed by atoms with Gasteiger partial charge in [-0.3, -0.25) is 0 Å². The molecule has 2 N–H and O–H groups in total. The van der Waals surface area contributed by atoms with Gasteiger partial charge in [0, 0.05) is 84.9 Å². The predicted molar refractivity (Wildman–Crippen MR) is 253 cm³/mol. The van der Waals surface area contributed by atoms with E-state index in [9.17, 15) is 0 Å². The largest absolute Gasteiger partial charge is 0.482 e. The van der Waals surface area contributed by atoms with Crippen molar-refractivity contribution in [1.29, 1.82) is 0 Å². The number of piperidine rings is 2. The lowest BCUT2D eigenvalue weighted by molar-refractivity contribution is 0.155. The van der Waals surface area contributed by atoms with Crippen molar-refractivity contribution < 1.29 is 9.47 Å². The number of aromatic nitrogens is 10. The number of nitrogens with one attached hydrogen (secondary N) is 2. The van der Waals surface area contributed by atoms with Crippen LogP contribution >= 0.6 is 23.2 Å². The lowest BCUT2D eigenvalue weighted by Crippen LogP contribution is -2.48. The summed E-state index contributed by atoms with van der Waals surface area (Å²) in [5.74, 6) is 9.05. The van der Waals surface area contributed by atoms with Crippen molar-refractivity contribution in [2.24, 2.45) is 23.7 Å². The molecule has 0 amide bonds. The van der Waals surface area contributed by atoms with E-state index < -0.39 is 0 Å². The number of fused-ring (bicyclic) bond motifs is 6. The highest BCUT2D eigenvalue weighted by atomic mass is 35.5. The van der Waals surface area contributed by atoms with Gasteiger partial charge in [-0.25, -0.2) is 29.3 Å². The first-order chi connectivity index (χ1) is 32.2. The molecule has 4 aliphatic heterocycles. The van der Waals surface area contributed by atoms with Crippen molar-refractivity contribution >= 4 is 46.7 Å². The van der Waals surface area contributed by atoms with Gasteiger partial charge in [-0.05, 0) is 125 Å². The second kappa shape index (κ2) is 18.5. The summed E-state index contributed by atoms with van der Waals surface area (Å²) in [6.45, 7) is 9.78. The molecule has 6 aliphatic rings. The Morgan fingerprint density at radius 2 is 0.970 bits per heavy atom. The average molecular weight is 932 g/mol. The summed E-state index contributed by atoms with van der Waals surface area (Å²) < 4.78 is 16.5. The Morgan fingerprint density at radius 3 is 1.36 bits per heavy atom. The number of nitrogens with zero attached hydrogens (tertiary/aromatic N) is 12. The summed E-state index contributed by atoms with van der Waals surface area (Å²) >= 11 is 12.3. The maximum absolute atomic E-state index is 6.24. The first-order valence-electron chi connectivity index (χ1n) is 23.6. The zero-order chi connectivity index (χ0) is 44.7. The van der Waals surface area contributed by atoms with Crippen LogP contribution in [0.25, 0.3) is 0 Å². The van der Waals surface area contributed by atoms with Gasteiger partial charge in [-0.15, -0.1) is 10.2 Å². The van der Waals surface area contributed by atoms with Gasteiger partial charge in [0.2, 0.25) is 11.9 Å². The zero-order valence-electron chi connectivity index (χ0n) is 37.4. The topological polar surface area (TPSA) is 162 Å². The van der Waals surface area contributed by atoms with E-state index in [-0.39, 0.29) is 12.2 Å². The molecule has 0 spiro atoms. The van der Waals surface area contributed by atoms with Gasteiger partial charge in [0.05, 0.1) is 0 Å². The van der Waals surface area contributed by atoms with E-state index >= 15 is 0 Å². The number of rotatable bonds is 10. The second-order valence-electron chi connectivity index (χ2n) is 18.8. The zero-order valence-corrected chi connectivity index (χ0v) is 38.9. The van der Waals surface area contributed by atoms with Crippen LogP contribution in [0.4, 0.5) is 23.5 Å². The molecule has 16 nitrogen and oxygen atoms in total. The molecular weight excluding hydrogens is 876 g/mol. The van der Waals surface area contributed by atoms with Crippen molar-refractivity contribution in [2.75, 3.05) is 46.6 Å².